The number of allylic oxidation sites excluding steroid dienone is 2. The molecule has 21 heavy (non-hydrogen) atoms. The van der Waals surface area contributed by atoms with E-state index in [4.69, 9.17) is 0 Å². The second-order valence-corrected chi connectivity index (χ2v) is 6.41. The van der Waals surface area contributed by atoms with Gasteiger partial charge in [0.15, 0.2) is 5.78 Å². The Kier molecular flexibility index (Phi) is 2.16. The molecule has 0 aromatic heterocycles. The molecular formula is C20H16O. The average Bonchev–Trinajstić information content (AvgIpc) is 3.15. The Morgan fingerprint density at radius 3 is 2.38 bits per heavy atom. The summed E-state index contributed by atoms with van der Waals surface area (Å²) in [6, 6.07) is 18.8. The lowest BCUT2D eigenvalue weighted by molar-refractivity contribution is -0.115. The van der Waals surface area contributed by atoms with Crippen molar-refractivity contribution in [2.75, 3.05) is 0 Å². The van der Waals surface area contributed by atoms with Crippen LogP contribution in [0.25, 0.3) is 5.57 Å². The predicted octanol–water partition coefficient (Wildman–Crippen LogP) is 4.31. The van der Waals surface area contributed by atoms with Gasteiger partial charge in [0.1, 0.15) is 0 Å². The lowest BCUT2D eigenvalue weighted by atomic mass is 9.90. The highest BCUT2D eigenvalue weighted by Gasteiger charge is 2.54. The van der Waals surface area contributed by atoms with Crippen LogP contribution in [0.3, 0.4) is 0 Å². The molecule has 0 aliphatic heterocycles. The van der Waals surface area contributed by atoms with Crippen LogP contribution in [0.1, 0.15) is 41.4 Å². The minimum atomic E-state index is 0.0962. The van der Waals surface area contributed by atoms with Gasteiger partial charge in [-0.15, -0.1) is 0 Å². The summed E-state index contributed by atoms with van der Waals surface area (Å²) in [6.45, 7) is 0. The van der Waals surface area contributed by atoms with E-state index in [-0.39, 0.29) is 5.92 Å². The van der Waals surface area contributed by atoms with Crippen LogP contribution in [0.5, 0.6) is 0 Å². The molecule has 3 atom stereocenters. The highest BCUT2D eigenvalue weighted by Crippen LogP contribution is 2.63. The Bertz CT molecular complexity index is 784. The predicted molar refractivity (Wildman–Crippen MR) is 83.0 cm³/mol. The van der Waals surface area contributed by atoms with E-state index in [2.05, 4.69) is 36.4 Å². The first-order chi connectivity index (χ1) is 10.4. The van der Waals surface area contributed by atoms with Gasteiger partial charge < -0.3 is 0 Å². The molecule has 2 aromatic carbocycles. The van der Waals surface area contributed by atoms with Crippen molar-refractivity contribution in [1.82, 2.24) is 0 Å². The third-order valence-electron chi connectivity index (χ3n) is 5.56. The van der Waals surface area contributed by atoms with Crippen LogP contribution in [0.4, 0.5) is 0 Å². The Balaban J connectivity index is 1.73. The average molecular weight is 272 g/mol. The third-order valence-corrected chi connectivity index (χ3v) is 5.56. The maximum absolute atomic E-state index is 13.1. The molecule has 1 nitrogen and oxygen atoms in total. The molecule has 0 amide bonds. The van der Waals surface area contributed by atoms with E-state index in [1.54, 1.807) is 0 Å². The number of rotatable bonds is 1. The number of carbonyl (C=O) groups excluding carboxylic acids is 1. The minimum absolute atomic E-state index is 0.0962. The third kappa shape index (κ3) is 1.34. The first-order valence-corrected chi connectivity index (χ1v) is 7.78. The highest BCUT2D eigenvalue weighted by molar-refractivity contribution is 6.27. The molecule has 1 saturated carbocycles. The van der Waals surface area contributed by atoms with Crippen molar-refractivity contribution in [3.05, 3.63) is 76.9 Å². The van der Waals surface area contributed by atoms with Crippen LogP contribution < -0.4 is 0 Å². The van der Waals surface area contributed by atoms with E-state index in [0.29, 0.717) is 17.6 Å². The van der Waals surface area contributed by atoms with E-state index >= 15 is 0 Å². The SMILES string of the molecule is O=C1C(c2ccccc2)=C2CC[C@H]3c4ccccc4[C@@H]1[C@@H]23. The molecule has 2 aromatic rings. The van der Waals surface area contributed by atoms with Crippen LogP contribution in [-0.4, -0.2) is 5.78 Å². The molecule has 0 spiro atoms. The van der Waals surface area contributed by atoms with E-state index in [0.717, 1.165) is 17.6 Å². The van der Waals surface area contributed by atoms with E-state index in [1.807, 2.05) is 18.2 Å². The largest absolute Gasteiger partial charge is 0.293 e. The molecule has 0 N–H and O–H groups in total. The fourth-order valence-electron chi connectivity index (χ4n) is 4.85. The Hall–Kier alpha value is -2.15. The normalized spacial score (nSPS) is 29.0. The molecule has 5 rings (SSSR count). The number of fused-ring (bicyclic) bond motifs is 3. The number of carbonyl (C=O) groups is 1. The smallest absolute Gasteiger partial charge is 0.171 e. The van der Waals surface area contributed by atoms with Crippen molar-refractivity contribution >= 4 is 11.4 Å². The number of ketones is 1. The van der Waals surface area contributed by atoms with Gasteiger partial charge in [-0.2, -0.15) is 0 Å². The number of hydrogen-bond donors (Lipinski definition) is 0. The summed E-state index contributed by atoms with van der Waals surface area (Å²) in [5.74, 6) is 1.48. The summed E-state index contributed by atoms with van der Waals surface area (Å²) < 4.78 is 0. The van der Waals surface area contributed by atoms with Crippen molar-refractivity contribution in [2.24, 2.45) is 5.92 Å². The zero-order valence-electron chi connectivity index (χ0n) is 11.8. The molecule has 102 valence electrons. The van der Waals surface area contributed by atoms with Gasteiger partial charge in [-0.05, 0) is 35.4 Å². The molecule has 1 fully saturated rings. The Labute approximate surface area is 124 Å². The van der Waals surface area contributed by atoms with Gasteiger partial charge in [0.2, 0.25) is 0 Å². The maximum Gasteiger partial charge on any atom is 0.171 e. The van der Waals surface area contributed by atoms with Crippen molar-refractivity contribution < 1.29 is 4.79 Å². The van der Waals surface area contributed by atoms with Crippen LogP contribution in [0.15, 0.2) is 60.2 Å². The van der Waals surface area contributed by atoms with Gasteiger partial charge in [-0.3, -0.25) is 4.79 Å². The van der Waals surface area contributed by atoms with Gasteiger partial charge in [0, 0.05) is 11.5 Å². The highest BCUT2D eigenvalue weighted by atomic mass is 16.1. The standard InChI is InChI=1S/C20H16O/c21-20-17(12-6-2-1-3-7-12)16-11-10-15-13-8-4-5-9-14(13)19(20)18(15)16/h1-9,15,18-19H,10-11H2/t15-,18+,19+/m0/s1. The Morgan fingerprint density at radius 2 is 1.57 bits per heavy atom. The molecular weight excluding hydrogens is 256 g/mol. The van der Waals surface area contributed by atoms with Crippen molar-refractivity contribution in [1.29, 1.82) is 0 Å². The van der Waals surface area contributed by atoms with Crippen LogP contribution in [0, 0.1) is 5.92 Å². The summed E-state index contributed by atoms with van der Waals surface area (Å²) in [5, 5.41) is 0. The lowest BCUT2D eigenvalue weighted by Gasteiger charge is -2.11. The molecule has 0 heterocycles. The summed E-state index contributed by atoms with van der Waals surface area (Å²) in [7, 11) is 0. The summed E-state index contributed by atoms with van der Waals surface area (Å²) in [6.07, 6.45) is 2.30. The maximum atomic E-state index is 13.1. The van der Waals surface area contributed by atoms with Crippen molar-refractivity contribution in [3.8, 4) is 0 Å². The zero-order chi connectivity index (χ0) is 14.0. The van der Waals surface area contributed by atoms with E-state index in [1.165, 1.54) is 23.1 Å². The number of hydrogen-bond acceptors (Lipinski definition) is 1. The second-order valence-electron chi connectivity index (χ2n) is 6.41. The van der Waals surface area contributed by atoms with Crippen LogP contribution in [-0.2, 0) is 4.79 Å². The molecule has 1 heteroatoms. The van der Waals surface area contributed by atoms with Gasteiger partial charge in [-0.1, -0.05) is 60.2 Å². The summed E-state index contributed by atoms with van der Waals surface area (Å²) >= 11 is 0. The fourth-order valence-corrected chi connectivity index (χ4v) is 4.85. The summed E-state index contributed by atoms with van der Waals surface area (Å²) in [4.78, 5) is 13.1. The van der Waals surface area contributed by atoms with Crippen LogP contribution >= 0.6 is 0 Å². The first-order valence-electron chi connectivity index (χ1n) is 7.78. The molecule has 3 aliphatic rings. The summed E-state index contributed by atoms with van der Waals surface area (Å²) in [5.41, 5.74) is 6.30. The van der Waals surface area contributed by atoms with Crippen molar-refractivity contribution in [2.45, 2.75) is 24.7 Å². The fraction of sp³-hybridized carbons (Fsp3) is 0.250. The monoisotopic (exact) mass is 272 g/mol. The molecule has 0 bridgehead atoms. The molecule has 0 unspecified atom stereocenters. The van der Waals surface area contributed by atoms with E-state index in [9.17, 15) is 4.79 Å². The quantitative estimate of drug-likeness (QED) is 0.756. The Morgan fingerprint density at radius 1 is 0.857 bits per heavy atom. The van der Waals surface area contributed by atoms with Gasteiger partial charge in [0.05, 0.1) is 5.92 Å². The molecule has 0 radical (unpaired) electrons. The second kappa shape index (κ2) is 3.94. The first kappa shape index (κ1) is 11.5. The van der Waals surface area contributed by atoms with E-state index < -0.39 is 0 Å². The molecule has 3 aliphatic carbocycles. The van der Waals surface area contributed by atoms with Gasteiger partial charge in [-0.25, -0.2) is 0 Å². The number of Topliss-reactive ketones (excluding diaryl/α,β-unsaturated/α-hetero) is 1. The lowest BCUT2D eigenvalue weighted by Crippen LogP contribution is -2.11. The zero-order valence-corrected chi connectivity index (χ0v) is 11.8. The topological polar surface area (TPSA) is 17.1 Å². The number of benzene rings is 2. The minimum Gasteiger partial charge on any atom is -0.293 e. The van der Waals surface area contributed by atoms with Gasteiger partial charge in [0.25, 0.3) is 0 Å². The molecule has 0 saturated heterocycles. The van der Waals surface area contributed by atoms with Crippen molar-refractivity contribution in [3.63, 3.8) is 0 Å². The van der Waals surface area contributed by atoms with Crippen LogP contribution in [0.2, 0.25) is 0 Å². The van der Waals surface area contributed by atoms with Gasteiger partial charge >= 0.3 is 0 Å².